The fourth-order valence-electron chi connectivity index (χ4n) is 2.54. The van der Waals surface area contributed by atoms with Crippen LogP contribution in [0.4, 0.5) is 5.69 Å². The fourth-order valence-corrected chi connectivity index (χ4v) is 2.54. The number of para-hydroxylation sites is 1. The zero-order chi connectivity index (χ0) is 18.5. The molecule has 0 heterocycles. The summed E-state index contributed by atoms with van der Waals surface area (Å²) in [4.78, 5) is 25.6. The normalized spacial score (nSPS) is 13.2. The summed E-state index contributed by atoms with van der Waals surface area (Å²) in [5.74, 6) is 1.28. The standard InChI is InChI=1S/C21H24N2O3/c1-15(24)23(2)13-18-5-3-4-6-20(18)22-21(25)17-9-11-19(12-10-17)26-14-16-7-8-16/h3-6,9-12,16H,7-8,13-14H2,1-2H3,(H,22,25). The van der Waals surface area contributed by atoms with Crippen LogP contribution in [0.3, 0.4) is 0 Å². The van der Waals surface area contributed by atoms with Crippen LogP contribution >= 0.6 is 0 Å². The van der Waals surface area contributed by atoms with Crippen LogP contribution in [0.5, 0.6) is 5.75 Å². The van der Waals surface area contributed by atoms with E-state index in [1.807, 2.05) is 36.4 Å². The molecule has 0 atom stereocenters. The summed E-state index contributed by atoms with van der Waals surface area (Å²) >= 11 is 0. The van der Waals surface area contributed by atoms with Gasteiger partial charge in [-0.2, -0.15) is 0 Å². The zero-order valence-corrected chi connectivity index (χ0v) is 15.2. The molecule has 136 valence electrons. The van der Waals surface area contributed by atoms with E-state index in [0.29, 0.717) is 23.7 Å². The van der Waals surface area contributed by atoms with E-state index in [-0.39, 0.29) is 11.8 Å². The Morgan fingerprint density at radius 1 is 1.12 bits per heavy atom. The average Bonchev–Trinajstić information content (AvgIpc) is 3.46. The molecule has 0 radical (unpaired) electrons. The largest absolute Gasteiger partial charge is 0.493 e. The first-order chi connectivity index (χ1) is 12.5. The Bertz CT molecular complexity index is 782. The molecular formula is C21H24N2O3. The highest BCUT2D eigenvalue weighted by atomic mass is 16.5. The third-order valence-corrected chi connectivity index (χ3v) is 4.51. The van der Waals surface area contributed by atoms with E-state index in [4.69, 9.17) is 4.74 Å². The lowest BCUT2D eigenvalue weighted by molar-refractivity contribution is -0.128. The molecule has 0 aliphatic heterocycles. The van der Waals surface area contributed by atoms with Crippen molar-refractivity contribution in [3.63, 3.8) is 0 Å². The molecule has 5 nitrogen and oxygen atoms in total. The van der Waals surface area contributed by atoms with Crippen LogP contribution in [0.2, 0.25) is 0 Å². The van der Waals surface area contributed by atoms with Crippen molar-refractivity contribution in [2.24, 2.45) is 5.92 Å². The van der Waals surface area contributed by atoms with Crippen molar-refractivity contribution < 1.29 is 14.3 Å². The summed E-state index contributed by atoms with van der Waals surface area (Å²) in [7, 11) is 1.74. The number of hydrogen-bond acceptors (Lipinski definition) is 3. The number of carbonyl (C=O) groups excluding carboxylic acids is 2. The van der Waals surface area contributed by atoms with Crippen molar-refractivity contribution in [1.82, 2.24) is 4.90 Å². The van der Waals surface area contributed by atoms with Crippen LogP contribution in [0.1, 0.15) is 35.7 Å². The van der Waals surface area contributed by atoms with Gasteiger partial charge in [0.15, 0.2) is 0 Å². The quantitative estimate of drug-likeness (QED) is 0.826. The van der Waals surface area contributed by atoms with Gasteiger partial charge in [0.05, 0.1) is 6.61 Å². The monoisotopic (exact) mass is 352 g/mol. The number of nitrogens with zero attached hydrogens (tertiary/aromatic N) is 1. The minimum atomic E-state index is -0.184. The number of benzene rings is 2. The number of nitrogens with one attached hydrogen (secondary N) is 1. The third-order valence-electron chi connectivity index (χ3n) is 4.51. The van der Waals surface area contributed by atoms with Gasteiger partial charge in [-0.1, -0.05) is 18.2 Å². The van der Waals surface area contributed by atoms with E-state index in [2.05, 4.69) is 5.32 Å². The van der Waals surface area contributed by atoms with E-state index in [0.717, 1.165) is 17.9 Å². The highest BCUT2D eigenvalue weighted by molar-refractivity contribution is 6.04. The second-order valence-corrected chi connectivity index (χ2v) is 6.77. The lowest BCUT2D eigenvalue weighted by Crippen LogP contribution is -2.24. The summed E-state index contributed by atoms with van der Waals surface area (Å²) in [6, 6.07) is 14.7. The summed E-state index contributed by atoms with van der Waals surface area (Å²) in [5, 5.41) is 2.93. The van der Waals surface area contributed by atoms with E-state index in [1.54, 1.807) is 24.1 Å². The molecule has 0 saturated heterocycles. The van der Waals surface area contributed by atoms with Gasteiger partial charge < -0.3 is 15.0 Å². The Morgan fingerprint density at radius 3 is 2.46 bits per heavy atom. The van der Waals surface area contributed by atoms with Crippen molar-refractivity contribution in [1.29, 1.82) is 0 Å². The first kappa shape index (κ1) is 18.0. The second-order valence-electron chi connectivity index (χ2n) is 6.77. The van der Waals surface area contributed by atoms with Crippen LogP contribution < -0.4 is 10.1 Å². The van der Waals surface area contributed by atoms with Crippen LogP contribution in [-0.4, -0.2) is 30.4 Å². The van der Waals surface area contributed by atoms with Gasteiger partial charge in [0.1, 0.15) is 5.75 Å². The smallest absolute Gasteiger partial charge is 0.255 e. The molecule has 1 aliphatic carbocycles. The molecule has 26 heavy (non-hydrogen) atoms. The van der Waals surface area contributed by atoms with Crippen LogP contribution in [-0.2, 0) is 11.3 Å². The molecule has 2 amide bonds. The predicted octanol–water partition coefficient (Wildman–Crippen LogP) is 3.71. The fraction of sp³-hybridized carbons (Fsp3) is 0.333. The molecule has 2 aromatic carbocycles. The van der Waals surface area contributed by atoms with Crippen molar-refractivity contribution >= 4 is 17.5 Å². The molecule has 5 heteroatoms. The van der Waals surface area contributed by atoms with Gasteiger partial charge in [0, 0.05) is 31.8 Å². The van der Waals surface area contributed by atoms with Gasteiger partial charge in [-0.25, -0.2) is 0 Å². The maximum Gasteiger partial charge on any atom is 0.255 e. The molecule has 0 unspecified atom stereocenters. The van der Waals surface area contributed by atoms with Crippen molar-refractivity contribution in [2.75, 3.05) is 19.0 Å². The van der Waals surface area contributed by atoms with Crippen molar-refractivity contribution in [3.8, 4) is 5.75 Å². The third kappa shape index (κ3) is 4.85. The lowest BCUT2D eigenvalue weighted by atomic mass is 10.1. The zero-order valence-electron chi connectivity index (χ0n) is 15.2. The Balaban J connectivity index is 1.64. The lowest BCUT2D eigenvalue weighted by Gasteiger charge is -2.18. The summed E-state index contributed by atoms with van der Waals surface area (Å²) in [6.07, 6.45) is 2.50. The summed E-state index contributed by atoms with van der Waals surface area (Å²) < 4.78 is 5.70. The topological polar surface area (TPSA) is 58.6 Å². The Hall–Kier alpha value is -2.82. The predicted molar refractivity (Wildman–Crippen MR) is 101 cm³/mol. The van der Waals surface area contributed by atoms with Gasteiger partial charge in [0.25, 0.3) is 5.91 Å². The molecular weight excluding hydrogens is 328 g/mol. The first-order valence-electron chi connectivity index (χ1n) is 8.87. The van der Waals surface area contributed by atoms with Gasteiger partial charge in [-0.3, -0.25) is 9.59 Å². The number of amides is 2. The first-order valence-corrected chi connectivity index (χ1v) is 8.87. The van der Waals surface area contributed by atoms with E-state index < -0.39 is 0 Å². The molecule has 0 spiro atoms. The van der Waals surface area contributed by atoms with E-state index in [9.17, 15) is 9.59 Å². The number of carbonyl (C=O) groups is 2. The number of anilines is 1. The molecule has 0 aromatic heterocycles. The minimum Gasteiger partial charge on any atom is -0.493 e. The second kappa shape index (κ2) is 8.04. The van der Waals surface area contributed by atoms with Crippen molar-refractivity contribution in [2.45, 2.75) is 26.3 Å². The van der Waals surface area contributed by atoms with Crippen LogP contribution in [0.25, 0.3) is 0 Å². The van der Waals surface area contributed by atoms with Gasteiger partial charge in [-0.05, 0) is 54.7 Å². The molecule has 1 fully saturated rings. The molecule has 2 aromatic rings. The average molecular weight is 352 g/mol. The van der Waals surface area contributed by atoms with Gasteiger partial charge in [0.2, 0.25) is 5.91 Å². The van der Waals surface area contributed by atoms with E-state index in [1.165, 1.54) is 19.8 Å². The summed E-state index contributed by atoms with van der Waals surface area (Å²) in [6.45, 7) is 2.72. The van der Waals surface area contributed by atoms with Gasteiger partial charge in [-0.15, -0.1) is 0 Å². The number of hydrogen-bond donors (Lipinski definition) is 1. The molecule has 1 aliphatic rings. The maximum atomic E-state index is 12.5. The highest BCUT2D eigenvalue weighted by Gasteiger charge is 2.21. The Morgan fingerprint density at radius 2 is 1.81 bits per heavy atom. The number of ether oxygens (including phenoxy) is 1. The van der Waals surface area contributed by atoms with Crippen molar-refractivity contribution in [3.05, 3.63) is 59.7 Å². The number of rotatable bonds is 7. The summed E-state index contributed by atoms with van der Waals surface area (Å²) in [5.41, 5.74) is 2.17. The molecule has 3 rings (SSSR count). The Labute approximate surface area is 154 Å². The minimum absolute atomic E-state index is 0.0204. The molecule has 1 N–H and O–H groups in total. The molecule has 0 bridgehead atoms. The van der Waals surface area contributed by atoms with Crippen LogP contribution in [0, 0.1) is 5.92 Å². The highest BCUT2D eigenvalue weighted by Crippen LogP contribution is 2.29. The maximum absolute atomic E-state index is 12.5. The van der Waals surface area contributed by atoms with Crippen LogP contribution in [0.15, 0.2) is 48.5 Å². The Kier molecular flexibility index (Phi) is 5.56. The SMILES string of the molecule is CC(=O)N(C)Cc1ccccc1NC(=O)c1ccc(OCC2CC2)cc1. The van der Waals surface area contributed by atoms with Gasteiger partial charge >= 0.3 is 0 Å². The molecule has 1 saturated carbocycles. The van der Waals surface area contributed by atoms with E-state index >= 15 is 0 Å².